The second-order valence-corrected chi connectivity index (χ2v) is 6.40. The predicted molar refractivity (Wildman–Crippen MR) is 79.8 cm³/mol. The molecule has 0 aliphatic rings. The number of hydrogen-bond donors (Lipinski definition) is 1. The maximum atomic E-state index is 12.2. The minimum absolute atomic E-state index is 0.0101. The molecule has 0 unspecified atom stereocenters. The Bertz CT molecular complexity index is 946. The number of aromatic nitrogens is 3. The highest BCUT2D eigenvalue weighted by molar-refractivity contribution is 7.90. The Morgan fingerprint density at radius 3 is 2.50 bits per heavy atom. The van der Waals surface area contributed by atoms with Gasteiger partial charge in [0.05, 0.1) is 10.4 Å². The molecular weight excluding hydrogens is 304 g/mol. The van der Waals surface area contributed by atoms with E-state index in [1.54, 1.807) is 36.4 Å². The van der Waals surface area contributed by atoms with Crippen LogP contribution < -0.4 is 4.72 Å². The summed E-state index contributed by atoms with van der Waals surface area (Å²) in [5.41, 5.74) is 1.86. The lowest BCUT2D eigenvalue weighted by Gasteiger charge is -2.07. The van der Waals surface area contributed by atoms with Crippen LogP contribution in [0.25, 0.3) is 11.0 Å². The molecule has 0 radical (unpaired) electrons. The van der Waals surface area contributed by atoms with Crippen LogP contribution in [0.1, 0.15) is 5.56 Å². The molecule has 3 aromatic rings. The third-order valence-electron chi connectivity index (χ3n) is 3.10. The zero-order valence-electron chi connectivity index (χ0n) is 11.6. The molecule has 8 heteroatoms. The molecule has 0 fully saturated rings. The molecule has 1 N–H and O–H groups in total. The monoisotopic (exact) mass is 316 g/mol. The zero-order valence-corrected chi connectivity index (χ0v) is 12.4. The number of para-hydroxylation sites is 1. The lowest BCUT2D eigenvalue weighted by Crippen LogP contribution is -2.34. The lowest BCUT2D eigenvalue weighted by molar-refractivity contribution is 0.245. The van der Waals surface area contributed by atoms with Crippen LogP contribution in [0.4, 0.5) is 4.79 Å². The van der Waals surface area contributed by atoms with Crippen LogP contribution in [0, 0.1) is 6.92 Å². The first-order chi connectivity index (χ1) is 10.5. The normalized spacial score (nSPS) is 11.5. The first kappa shape index (κ1) is 14.2. The fraction of sp³-hybridized carbons (Fsp3) is 0.0714. The van der Waals surface area contributed by atoms with Crippen molar-refractivity contribution in [3.63, 3.8) is 0 Å². The van der Waals surface area contributed by atoms with E-state index >= 15 is 0 Å². The van der Waals surface area contributed by atoms with Crippen LogP contribution in [-0.4, -0.2) is 29.4 Å². The summed E-state index contributed by atoms with van der Waals surface area (Å²) in [5, 5.41) is 7.49. The van der Waals surface area contributed by atoms with Crippen LogP contribution in [-0.2, 0) is 10.0 Å². The van der Waals surface area contributed by atoms with Gasteiger partial charge in [-0.2, -0.15) is 4.68 Å². The molecule has 0 aliphatic carbocycles. The number of hydrogen-bond acceptors (Lipinski definition) is 5. The average Bonchev–Trinajstić information content (AvgIpc) is 2.91. The summed E-state index contributed by atoms with van der Waals surface area (Å²) in [5.74, 6) is 0. The Labute approximate surface area is 126 Å². The number of sulfonamides is 1. The van der Waals surface area contributed by atoms with E-state index in [-0.39, 0.29) is 4.90 Å². The van der Waals surface area contributed by atoms with Crippen molar-refractivity contribution in [3.05, 3.63) is 54.1 Å². The molecule has 0 atom stereocenters. The van der Waals surface area contributed by atoms with E-state index < -0.39 is 16.1 Å². The minimum Gasteiger partial charge on any atom is -0.245 e. The van der Waals surface area contributed by atoms with Crippen molar-refractivity contribution in [2.24, 2.45) is 0 Å². The maximum Gasteiger partial charge on any atom is 0.357 e. The molecule has 112 valence electrons. The molecule has 0 spiro atoms. The number of nitrogens with zero attached hydrogens (tertiary/aromatic N) is 3. The molecule has 3 rings (SSSR count). The Morgan fingerprint density at radius 2 is 1.77 bits per heavy atom. The number of benzene rings is 2. The fourth-order valence-corrected chi connectivity index (χ4v) is 2.88. The van der Waals surface area contributed by atoms with Gasteiger partial charge in [-0.15, -0.1) is 5.10 Å². The van der Waals surface area contributed by atoms with Crippen molar-refractivity contribution < 1.29 is 13.2 Å². The van der Waals surface area contributed by atoms with Gasteiger partial charge in [-0.25, -0.2) is 17.9 Å². The summed E-state index contributed by atoms with van der Waals surface area (Å²) in [4.78, 5) is 12.2. The van der Waals surface area contributed by atoms with Crippen LogP contribution in [0.5, 0.6) is 0 Å². The molecule has 7 nitrogen and oxygen atoms in total. The molecule has 0 aliphatic heterocycles. The Hall–Kier alpha value is -2.74. The van der Waals surface area contributed by atoms with Crippen LogP contribution >= 0.6 is 0 Å². The van der Waals surface area contributed by atoms with Gasteiger partial charge in [0.25, 0.3) is 10.0 Å². The molecule has 0 bridgehead atoms. The van der Waals surface area contributed by atoms with Crippen molar-refractivity contribution in [2.75, 3.05) is 0 Å². The van der Waals surface area contributed by atoms with Crippen LogP contribution in [0.15, 0.2) is 53.4 Å². The van der Waals surface area contributed by atoms with Gasteiger partial charge < -0.3 is 0 Å². The first-order valence-corrected chi connectivity index (χ1v) is 7.90. The van der Waals surface area contributed by atoms with Gasteiger partial charge in [0.2, 0.25) is 0 Å². The molecule has 2 aromatic carbocycles. The average molecular weight is 316 g/mol. The molecule has 0 saturated heterocycles. The number of nitrogens with one attached hydrogen (secondary N) is 1. The molecule has 0 saturated carbocycles. The fourth-order valence-electron chi connectivity index (χ4n) is 1.95. The molecule has 1 amide bonds. The molecule has 22 heavy (non-hydrogen) atoms. The summed E-state index contributed by atoms with van der Waals surface area (Å²) >= 11 is 0. The summed E-state index contributed by atoms with van der Waals surface area (Å²) in [6.07, 6.45) is 0. The lowest BCUT2D eigenvalue weighted by atomic mass is 10.2. The topological polar surface area (TPSA) is 94.0 Å². The van der Waals surface area contributed by atoms with E-state index in [9.17, 15) is 13.2 Å². The second kappa shape index (κ2) is 5.23. The van der Waals surface area contributed by atoms with Gasteiger partial charge in [0.15, 0.2) is 0 Å². The highest BCUT2D eigenvalue weighted by Crippen LogP contribution is 2.12. The van der Waals surface area contributed by atoms with Crippen molar-refractivity contribution >= 4 is 27.1 Å². The zero-order chi connectivity index (χ0) is 15.7. The van der Waals surface area contributed by atoms with Gasteiger partial charge in [-0.1, -0.05) is 35.0 Å². The number of carbonyl (C=O) groups is 1. The summed E-state index contributed by atoms with van der Waals surface area (Å²) in [7, 11) is -3.96. The Morgan fingerprint density at radius 1 is 1.09 bits per heavy atom. The third-order valence-corrected chi connectivity index (χ3v) is 4.43. The van der Waals surface area contributed by atoms with E-state index in [4.69, 9.17) is 0 Å². The molecule has 1 aromatic heterocycles. The van der Waals surface area contributed by atoms with E-state index in [0.717, 1.165) is 10.2 Å². The van der Waals surface area contributed by atoms with Crippen LogP contribution in [0.3, 0.4) is 0 Å². The second-order valence-electron chi connectivity index (χ2n) is 4.71. The van der Waals surface area contributed by atoms with Crippen molar-refractivity contribution in [3.8, 4) is 0 Å². The van der Waals surface area contributed by atoms with E-state index in [1.165, 1.54) is 12.1 Å². The van der Waals surface area contributed by atoms with Gasteiger partial charge in [-0.05, 0) is 31.2 Å². The van der Waals surface area contributed by atoms with Crippen molar-refractivity contribution in [2.45, 2.75) is 11.8 Å². The van der Waals surface area contributed by atoms with E-state index in [0.29, 0.717) is 11.0 Å². The highest BCUT2D eigenvalue weighted by atomic mass is 32.2. The Balaban J connectivity index is 1.92. The SMILES string of the molecule is Cc1ccc(S(=O)(=O)NC(=O)n2nnc3ccccc32)cc1. The van der Waals surface area contributed by atoms with E-state index in [2.05, 4.69) is 10.3 Å². The Kier molecular flexibility index (Phi) is 3.38. The van der Waals surface area contributed by atoms with E-state index in [1.807, 2.05) is 11.6 Å². The number of rotatable bonds is 2. The smallest absolute Gasteiger partial charge is 0.245 e. The van der Waals surface area contributed by atoms with Crippen LogP contribution in [0.2, 0.25) is 0 Å². The van der Waals surface area contributed by atoms with Gasteiger partial charge in [0, 0.05) is 0 Å². The van der Waals surface area contributed by atoms with Gasteiger partial charge >= 0.3 is 6.03 Å². The first-order valence-electron chi connectivity index (χ1n) is 6.42. The molecular formula is C14H12N4O3S. The van der Waals surface area contributed by atoms with Gasteiger partial charge in [0.1, 0.15) is 5.52 Å². The maximum absolute atomic E-state index is 12.2. The summed E-state index contributed by atoms with van der Waals surface area (Å²) in [6, 6.07) is 12.1. The number of fused-ring (bicyclic) bond motifs is 1. The number of carbonyl (C=O) groups excluding carboxylic acids is 1. The standard InChI is InChI=1S/C14H12N4O3S/c1-10-6-8-11(9-7-10)22(20,21)16-14(19)18-13-5-3-2-4-12(13)15-17-18/h2-9H,1H3,(H,16,19). The van der Waals surface area contributed by atoms with Crippen molar-refractivity contribution in [1.82, 2.24) is 19.7 Å². The number of amides is 1. The van der Waals surface area contributed by atoms with Crippen molar-refractivity contribution in [1.29, 1.82) is 0 Å². The number of aryl methyl sites for hydroxylation is 1. The summed E-state index contributed by atoms with van der Waals surface area (Å²) in [6.45, 7) is 1.84. The molecule has 1 heterocycles. The highest BCUT2D eigenvalue weighted by Gasteiger charge is 2.20. The largest absolute Gasteiger partial charge is 0.357 e. The van der Waals surface area contributed by atoms with Gasteiger partial charge in [-0.3, -0.25) is 0 Å². The third kappa shape index (κ3) is 2.56. The predicted octanol–water partition coefficient (Wildman–Crippen LogP) is 1.69. The quantitative estimate of drug-likeness (QED) is 0.776. The summed E-state index contributed by atoms with van der Waals surface area (Å²) < 4.78 is 27.3. The minimum atomic E-state index is -3.96.